The number of thiazole rings is 1. The molecule has 2 heterocycles. The summed E-state index contributed by atoms with van der Waals surface area (Å²) in [5.41, 5.74) is 1.20. The number of carbonyl (C=O) groups excluding carboxylic acids is 1. The molecule has 22 heavy (non-hydrogen) atoms. The smallest absolute Gasteiger partial charge is 0.322 e. The number of rotatable bonds is 3. The van der Waals surface area contributed by atoms with Gasteiger partial charge in [-0.1, -0.05) is 0 Å². The molecule has 118 valence electrons. The zero-order valence-corrected chi connectivity index (χ0v) is 14.0. The van der Waals surface area contributed by atoms with Crippen molar-refractivity contribution in [3.63, 3.8) is 0 Å². The third-order valence-corrected chi connectivity index (χ3v) is 5.12. The van der Waals surface area contributed by atoms with Gasteiger partial charge < -0.3 is 4.90 Å². The molecular formula is C15H21N5OS. The quantitative estimate of drug-likeness (QED) is 0.946. The van der Waals surface area contributed by atoms with E-state index in [1.54, 1.807) is 40.2 Å². The first kappa shape index (κ1) is 15.0. The van der Waals surface area contributed by atoms with Gasteiger partial charge in [0.25, 0.3) is 0 Å². The summed E-state index contributed by atoms with van der Waals surface area (Å²) in [6, 6.07) is 1.68. The summed E-state index contributed by atoms with van der Waals surface area (Å²) in [5.74, 6) is 1.04. The lowest BCUT2D eigenvalue weighted by Crippen LogP contribution is -2.36. The highest BCUT2D eigenvalue weighted by Gasteiger charge is 2.26. The second-order valence-electron chi connectivity index (χ2n) is 5.78. The summed E-state index contributed by atoms with van der Waals surface area (Å²) in [7, 11) is 3.64. The number of aromatic nitrogens is 3. The van der Waals surface area contributed by atoms with Crippen LogP contribution in [0.25, 0.3) is 0 Å². The van der Waals surface area contributed by atoms with Gasteiger partial charge in [0.1, 0.15) is 5.82 Å². The molecule has 0 aromatic carbocycles. The minimum Gasteiger partial charge on any atom is -0.327 e. The highest BCUT2D eigenvalue weighted by molar-refractivity contribution is 7.11. The van der Waals surface area contributed by atoms with Crippen LogP contribution >= 0.6 is 11.3 Å². The van der Waals surface area contributed by atoms with Gasteiger partial charge in [-0.2, -0.15) is 5.10 Å². The van der Waals surface area contributed by atoms with E-state index in [9.17, 15) is 4.79 Å². The molecule has 1 aliphatic carbocycles. The lowest BCUT2D eigenvalue weighted by Gasteiger charge is -2.26. The molecule has 1 aliphatic rings. The molecular weight excluding hydrogens is 298 g/mol. The number of urea groups is 1. The molecule has 2 aromatic heterocycles. The molecule has 0 saturated heterocycles. The van der Waals surface area contributed by atoms with Gasteiger partial charge in [-0.25, -0.2) is 9.78 Å². The summed E-state index contributed by atoms with van der Waals surface area (Å²) in [6.45, 7) is 2.75. The molecule has 1 N–H and O–H groups in total. The van der Waals surface area contributed by atoms with Crippen molar-refractivity contribution in [1.29, 1.82) is 0 Å². The lowest BCUT2D eigenvalue weighted by molar-refractivity contribution is 0.217. The maximum absolute atomic E-state index is 12.3. The van der Waals surface area contributed by atoms with E-state index in [4.69, 9.17) is 0 Å². The van der Waals surface area contributed by atoms with Gasteiger partial charge >= 0.3 is 6.03 Å². The Morgan fingerprint density at radius 1 is 1.59 bits per heavy atom. The van der Waals surface area contributed by atoms with Gasteiger partial charge in [-0.05, 0) is 26.2 Å². The first-order chi connectivity index (χ1) is 10.5. The molecule has 1 atom stereocenters. The number of carbonyl (C=O) groups is 1. The number of anilines is 1. The van der Waals surface area contributed by atoms with Crippen molar-refractivity contribution in [1.82, 2.24) is 19.7 Å². The normalized spacial score (nSPS) is 17.1. The second-order valence-corrected chi connectivity index (χ2v) is 7.07. The Hall–Kier alpha value is -1.89. The minimum atomic E-state index is -0.109. The van der Waals surface area contributed by atoms with Gasteiger partial charge in [0.2, 0.25) is 0 Å². The SMILES string of the molecule is Cc1nc2c(s1)CCCC2CN(C)C(=O)Nc1ccnn1C. The third-order valence-electron chi connectivity index (χ3n) is 4.07. The van der Waals surface area contributed by atoms with E-state index in [1.165, 1.54) is 17.0 Å². The number of amides is 2. The number of hydrogen-bond acceptors (Lipinski definition) is 4. The maximum atomic E-state index is 12.3. The van der Waals surface area contributed by atoms with E-state index < -0.39 is 0 Å². The zero-order chi connectivity index (χ0) is 15.7. The van der Waals surface area contributed by atoms with E-state index in [0.717, 1.165) is 17.8 Å². The number of likely N-dealkylation sites (N-methyl/N-ethyl adjacent to an activating group) is 1. The standard InChI is InChI=1S/C15H21N5OS/c1-10-17-14-11(5-4-6-12(14)22-10)9-19(2)15(21)18-13-7-8-16-20(13)3/h7-8,11H,4-6,9H2,1-3H3,(H,18,21). The lowest BCUT2D eigenvalue weighted by atomic mass is 9.91. The van der Waals surface area contributed by atoms with Crippen LogP contribution in [0.15, 0.2) is 12.3 Å². The number of hydrogen-bond donors (Lipinski definition) is 1. The fraction of sp³-hybridized carbons (Fsp3) is 0.533. The van der Waals surface area contributed by atoms with Crippen molar-refractivity contribution >= 4 is 23.2 Å². The second kappa shape index (κ2) is 6.08. The Morgan fingerprint density at radius 2 is 2.41 bits per heavy atom. The third kappa shape index (κ3) is 2.99. The van der Waals surface area contributed by atoms with Crippen molar-refractivity contribution in [2.75, 3.05) is 18.9 Å². The molecule has 2 aromatic rings. The van der Waals surface area contributed by atoms with E-state index >= 15 is 0 Å². The van der Waals surface area contributed by atoms with Crippen LogP contribution in [0.5, 0.6) is 0 Å². The minimum absolute atomic E-state index is 0.109. The molecule has 0 aliphatic heterocycles. The molecule has 6 nitrogen and oxygen atoms in total. The Kier molecular flexibility index (Phi) is 4.15. The number of nitrogens with zero attached hydrogens (tertiary/aromatic N) is 4. The predicted octanol–water partition coefficient (Wildman–Crippen LogP) is 2.77. The van der Waals surface area contributed by atoms with Crippen molar-refractivity contribution < 1.29 is 4.79 Å². The van der Waals surface area contributed by atoms with Crippen LogP contribution in [0, 0.1) is 6.92 Å². The Labute approximate surface area is 134 Å². The van der Waals surface area contributed by atoms with Crippen molar-refractivity contribution in [2.45, 2.75) is 32.1 Å². The molecule has 0 radical (unpaired) electrons. The number of aryl methyl sites for hydroxylation is 3. The largest absolute Gasteiger partial charge is 0.327 e. The van der Waals surface area contributed by atoms with Crippen LogP contribution in [0.3, 0.4) is 0 Å². The molecule has 0 fully saturated rings. The van der Waals surface area contributed by atoms with E-state index in [0.29, 0.717) is 18.3 Å². The Morgan fingerprint density at radius 3 is 3.14 bits per heavy atom. The average Bonchev–Trinajstić information content (AvgIpc) is 3.05. The number of nitrogens with one attached hydrogen (secondary N) is 1. The zero-order valence-electron chi connectivity index (χ0n) is 13.2. The topological polar surface area (TPSA) is 63.1 Å². The molecule has 2 amide bonds. The van der Waals surface area contributed by atoms with Crippen LogP contribution in [0.2, 0.25) is 0 Å². The molecule has 7 heteroatoms. The Balaban J connectivity index is 1.66. The number of fused-ring (bicyclic) bond motifs is 1. The molecule has 0 bridgehead atoms. The van der Waals surface area contributed by atoms with Gasteiger partial charge in [-0.15, -0.1) is 11.3 Å². The predicted molar refractivity (Wildman–Crippen MR) is 87.4 cm³/mol. The Bertz CT molecular complexity index is 677. The van der Waals surface area contributed by atoms with Gasteiger partial charge in [-0.3, -0.25) is 10.00 Å². The molecule has 0 saturated carbocycles. The highest BCUT2D eigenvalue weighted by atomic mass is 32.1. The fourth-order valence-electron chi connectivity index (χ4n) is 2.92. The molecule has 0 spiro atoms. The van der Waals surface area contributed by atoms with E-state index in [1.807, 2.05) is 7.05 Å². The van der Waals surface area contributed by atoms with Crippen molar-refractivity contribution in [2.24, 2.45) is 7.05 Å². The first-order valence-electron chi connectivity index (χ1n) is 7.51. The van der Waals surface area contributed by atoms with Crippen LogP contribution in [-0.2, 0) is 13.5 Å². The van der Waals surface area contributed by atoms with Crippen LogP contribution in [0.1, 0.15) is 34.3 Å². The van der Waals surface area contributed by atoms with Gasteiger partial charge in [0.05, 0.1) is 16.9 Å². The van der Waals surface area contributed by atoms with E-state index in [2.05, 4.69) is 22.3 Å². The van der Waals surface area contributed by atoms with E-state index in [-0.39, 0.29) is 6.03 Å². The summed E-state index contributed by atoms with van der Waals surface area (Å²) in [6.07, 6.45) is 5.07. The van der Waals surface area contributed by atoms with Gasteiger partial charge in [0.15, 0.2) is 0 Å². The van der Waals surface area contributed by atoms with Crippen molar-refractivity contribution in [3.8, 4) is 0 Å². The highest BCUT2D eigenvalue weighted by Crippen LogP contribution is 2.34. The van der Waals surface area contributed by atoms with Crippen LogP contribution in [0.4, 0.5) is 10.6 Å². The summed E-state index contributed by atoms with van der Waals surface area (Å²) >= 11 is 1.79. The molecule has 1 unspecified atom stereocenters. The monoisotopic (exact) mass is 319 g/mol. The van der Waals surface area contributed by atoms with Crippen LogP contribution < -0.4 is 5.32 Å². The van der Waals surface area contributed by atoms with Crippen molar-refractivity contribution in [3.05, 3.63) is 27.8 Å². The average molecular weight is 319 g/mol. The summed E-state index contributed by atoms with van der Waals surface area (Å²) in [5, 5.41) is 8.05. The maximum Gasteiger partial charge on any atom is 0.322 e. The summed E-state index contributed by atoms with van der Waals surface area (Å²) < 4.78 is 1.65. The molecule has 3 rings (SSSR count). The summed E-state index contributed by atoms with van der Waals surface area (Å²) in [4.78, 5) is 20.1. The van der Waals surface area contributed by atoms with Crippen LogP contribution in [-0.4, -0.2) is 39.3 Å². The first-order valence-corrected chi connectivity index (χ1v) is 8.32. The fourth-order valence-corrected chi connectivity index (χ4v) is 3.99. The van der Waals surface area contributed by atoms with Gasteiger partial charge in [0, 0.05) is 37.5 Å².